The van der Waals surface area contributed by atoms with Gasteiger partial charge in [-0.2, -0.15) is 0 Å². The quantitative estimate of drug-likeness (QED) is 0.728. The third-order valence-corrected chi connectivity index (χ3v) is 2.66. The highest BCUT2D eigenvalue weighted by molar-refractivity contribution is 5.81. The van der Waals surface area contributed by atoms with Gasteiger partial charge in [0.2, 0.25) is 5.91 Å². The summed E-state index contributed by atoms with van der Waals surface area (Å²) in [7, 11) is 0. The predicted molar refractivity (Wildman–Crippen MR) is 62.0 cm³/mol. The molecule has 0 unspecified atom stereocenters. The summed E-state index contributed by atoms with van der Waals surface area (Å²) in [4.78, 5) is 17.7. The zero-order valence-electron chi connectivity index (χ0n) is 9.15. The van der Waals surface area contributed by atoms with Gasteiger partial charge in [-0.25, -0.2) is 0 Å². The van der Waals surface area contributed by atoms with Gasteiger partial charge in [-0.3, -0.25) is 9.78 Å². The summed E-state index contributed by atoms with van der Waals surface area (Å²) in [5.41, 5.74) is 7.46. The number of hydrogen-bond acceptors (Lipinski definition) is 4. The molecule has 0 saturated carbocycles. The van der Waals surface area contributed by atoms with Crippen molar-refractivity contribution in [2.75, 3.05) is 24.5 Å². The molecule has 1 saturated heterocycles. The monoisotopic (exact) mass is 220 g/mol. The number of nitrogens with one attached hydrogen (secondary N) is 1. The minimum atomic E-state index is 0.0596. The maximum Gasteiger partial charge on any atom is 0.239 e. The molecular weight excluding hydrogens is 204 g/mol. The summed E-state index contributed by atoms with van der Waals surface area (Å²) >= 11 is 0. The van der Waals surface area contributed by atoms with Gasteiger partial charge in [-0.1, -0.05) is 0 Å². The van der Waals surface area contributed by atoms with Gasteiger partial charge in [0.15, 0.2) is 0 Å². The van der Waals surface area contributed by atoms with Crippen LogP contribution in [0.2, 0.25) is 0 Å². The first-order chi connectivity index (χ1) is 7.81. The maximum absolute atomic E-state index is 11.5. The van der Waals surface area contributed by atoms with E-state index in [9.17, 15) is 4.79 Å². The first-order valence-electron chi connectivity index (χ1n) is 5.47. The van der Waals surface area contributed by atoms with E-state index in [0.29, 0.717) is 13.1 Å². The molecule has 0 spiro atoms. The molecule has 0 aliphatic carbocycles. The van der Waals surface area contributed by atoms with Crippen molar-refractivity contribution >= 4 is 11.6 Å². The summed E-state index contributed by atoms with van der Waals surface area (Å²) in [6, 6.07) is 3.84. The Morgan fingerprint density at radius 1 is 1.56 bits per heavy atom. The number of aromatic nitrogens is 1. The molecule has 2 rings (SSSR count). The molecule has 1 fully saturated rings. The lowest BCUT2D eigenvalue weighted by Gasteiger charge is -2.23. The molecule has 3 N–H and O–H groups in total. The second kappa shape index (κ2) is 4.94. The highest BCUT2D eigenvalue weighted by atomic mass is 16.2. The molecule has 5 heteroatoms. The average molecular weight is 220 g/mol. The SMILES string of the molecule is NCc1ncccc1N1CCCNC(=O)C1. The number of amides is 1. The molecule has 1 aromatic heterocycles. The van der Waals surface area contributed by atoms with Crippen LogP contribution in [0.15, 0.2) is 18.3 Å². The van der Waals surface area contributed by atoms with Crippen LogP contribution in [-0.2, 0) is 11.3 Å². The van der Waals surface area contributed by atoms with Gasteiger partial charge in [-0.05, 0) is 18.6 Å². The number of anilines is 1. The average Bonchev–Trinajstić information content (AvgIpc) is 2.54. The number of hydrogen-bond donors (Lipinski definition) is 2. The molecular formula is C11H16N4O. The number of carbonyl (C=O) groups is 1. The van der Waals surface area contributed by atoms with E-state index in [2.05, 4.69) is 10.3 Å². The lowest BCUT2D eigenvalue weighted by Crippen LogP contribution is -2.33. The van der Waals surface area contributed by atoms with Crippen molar-refractivity contribution in [2.45, 2.75) is 13.0 Å². The van der Waals surface area contributed by atoms with Crippen molar-refractivity contribution in [1.29, 1.82) is 0 Å². The van der Waals surface area contributed by atoms with Crippen molar-refractivity contribution in [1.82, 2.24) is 10.3 Å². The van der Waals surface area contributed by atoms with E-state index < -0.39 is 0 Å². The summed E-state index contributed by atoms with van der Waals surface area (Å²) in [6.07, 6.45) is 2.67. The van der Waals surface area contributed by atoms with Crippen LogP contribution in [-0.4, -0.2) is 30.5 Å². The maximum atomic E-state index is 11.5. The normalized spacial score (nSPS) is 16.8. The van der Waals surface area contributed by atoms with Crippen molar-refractivity contribution in [3.05, 3.63) is 24.0 Å². The molecule has 86 valence electrons. The molecule has 0 atom stereocenters. The lowest BCUT2D eigenvalue weighted by molar-refractivity contribution is -0.119. The number of nitrogens with two attached hydrogens (primary N) is 1. The van der Waals surface area contributed by atoms with Crippen LogP contribution in [0.1, 0.15) is 12.1 Å². The molecule has 0 radical (unpaired) electrons. The third-order valence-electron chi connectivity index (χ3n) is 2.66. The molecule has 16 heavy (non-hydrogen) atoms. The van der Waals surface area contributed by atoms with Crippen LogP contribution in [0.5, 0.6) is 0 Å². The van der Waals surface area contributed by atoms with E-state index in [4.69, 9.17) is 5.73 Å². The van der Waals surface area contributed by atoms with Crippen LogP contribution in [0, 0.1) is 0 Å². The van der Waals surface area contributed by atoms with Gasteiger partial charge >= 0.3 is 0 Å². The van der Waals surface area contributed by atoms with E-state index in [1.807, 2.05) is 17.0 Å². The molecule has 2 heterocycles. The standard InChI is InChI=1S/C11H16N4O/c12-7-9-10(3-1-4-13-9)15-6-2-5-14-11(16)8-15/h1,3-4H,2,5-8,12H2,(H,14,16). The van der Waals surface area contributed by atoms with Gasteiger partial charge in [-0.15, -0.1) is 0 Å². The Hall–Kier alpha value is -1.62. The van der Waals surface area contributed by atoms with Crippen molar-refractivity contribution in [3.63, 3.8) is 0 Å². The molecule has 1 aromatic rings. The minimum Gasteiger partial charge on any atom is -0.361 e. The fourth-order valence-electron chi connectivity index (χ4n) is 1.89. The van der Waals surface area contributed by atoms with Gasteiger partial charge in [0.05, 0.1) is 17.9 Å². The Kier molecular flexibility index (Phi) is 3.36. The Labute approximate surface area is 94.6 Å². The second-order valence-corrected chi connectivity index (χ2v) is 3.80. The van der Waals surface area contributed by atoms with Crippen LogP contribution < -0.4 is 16.0 Å². The molecule has 5 nitrogen and oxygen atoms in total. The summed E-state index contributed by atoms with van der Waals surface area (Å²) in [5.74, 6) is 0.0596. The van der Waals surface area contributed by atoms with E-state index in [1.54, 1.807) is 6.20 Å². The van der Waals surface area contributed by atoms with Crippen LogP contribution in [0.25, 0.3) is 0 Å². The van der Waals surface area contributed by atoms with Crippen molar-refractivity contribution in [2.24, 2.45) is 5.73 Å². The second-order valence-electron chi connectivity index (χ2n) is 3.80. The predicted octanol–water partition coefficient (Wildman–Crippen LogP) is -0.133. The Bertz CT molecular complexity index is 380. The van der Waals surface area contributed by atoms with E-state index in [1.165, 1.54) is 0 Å². The van der Waals surface area contributed by atoms with Crippen LogP contribution in [0.3, 0.4) is 0 Å². The summed E-state index contributed by atoms with van der Waals surface area (Å²) in [6.45, 7) is 2.39. The summed E-state index contributed by atoms with van der Waals surface area (Å²) in [5, 5.41) is 2.85. The zero-order chi connectivity index (χ0) is 11.4. The van der Waals surface area contributed by atoms with Crippen molar-refractivity contribution < 1.29 is 4.79 Å². The topological polar surface area (TPSA) is 71.2 Å². The van der Waals surface area contributed by atoms with Gasteiger partial charge in [0.25, 0.3) is 0 Å². The smallest absolute Gasteiger partial charge is 0.239 e. The van der Waals surface area contributed by atoms with Crippen LogP contribution in [0.4, 0.5) is 5.69 Å². The highest BCUT2D eigenvalue weighted by Gasteiger charge is 2.17. The van der Waals surface area contributed by atoms with E-state index >= 15 is 0 Å². The Balaban J connectivity index is 2.24. The van der Waals surface area contributed by atoms with Crippen molar-refractivity contribution in [3.8, 4) is 0 Å². The molecule has 1 aliphatic rings. The Morgan fingerprint density at radius 2 is 2.44 bits per heavy atom. The molecule has 0 aromatic carbocycles. The third kappa shape index (κ3) is 2.30. The van der Waals surface area contributed by atoms with E-state index in [-0.39, 0.29) is 5.91 Å². The molecule has 0 bridgehead atoms. The number of rotatable bonds is 2. The fourth-order valence-corrected chi connectivity index (χ4v) is 1.89. The van der Waals surface area contributed by atoms with Gasteiger partial charge < -0.3 is 16.0 Å². The van der Waals surface area contributed by atoms with Crippen LogP contribution >= 0.6 is 0 Å². The number of pyridine rings is 1. The largest absolute Gasteiger partial charge is 0.361 e. The van der Waals surface area contributed by atoms with Gasteiger partial charge in [0, 0.05) is 25.8 Å². The van der Waals surface area contributed by atoms with E-state index in [0.717, 1.165) is 30.9 Å². The lowest BCUT2D eigenvalue weighted by atomic mass is 10.2. The summed E-state index contributed by atoms with van der Waals surface area (Å²) < 4.78 is 0. The highest BCUT2D eigenvalue weighted by Crippen LogP contribution is 2.18. The number of carbonyl (C=O) groups excluding carboxylic acids is 1. The Morgan fingerprint density at radius 3 is 3.25 bits per heavy atom. The minimum absolute atomic E-state index is 0.0596. The molecule has 1 amide bonds. The number of nitrogens with zero attached hydrogens (tertiary/aromatic N) is 2. The van der Waals surface area contributed by atoms with Gasteiger partial charge in [0.1, 0.15) is 0 Å². The zero-order valence-corrected chi connectivity index (χ0v) is 9.15. The molecule has 1 aliphatic heterocycles. The first-order valence-corrected chi connectivity index (χ1v) is 5.47. The first kappa shape index (κ1) is 10.9. The fraction of sp³-hybridized carbons (Fsp3) is 0.455.